The maximum Gasteiger partial charge on any atom is 0.269 e. The largest absolute Gasteiger partial charge is 0.399 e. The van der Waals surface area contributed by atoms with Crippen molar-refractivity contribution in [2.75, 3.05) is 5.73 Å². The van der Waals surface area contributed by atoms with Crippen LogP contribution in [-0.4, -0.2) is 4.92 Å². The summed E-state index contributed by atoms with van der Waals surface area (Å²) in [5.74, 6) is 0. The molecule has 0 atom stereocenters. The SMILES string of the molecule is CC.NC1=CC=C=C=C1.Nc1ccc([N+](=O)[O-])cc1. The number of nitro benzene ring substituents is 1. The fraction of sp³-hybridized carbons (Fsp3) is 0.143. The van der Waals surface area contributed by atoms with Crippen LogP contribution < -0.4 is 11.5 Å². The van der Waals surface area contributed by atoms with Crippen molar-refractivity contribution >= 4 is 11.4 Å². The van der Waals surface area contributed by atoms with E-state index in [-0.39, 0.29) is 5.69 Å². The van der Waals surface area contributed by atoms with Gasteiger partial charge in [0.25, 0.3) is 5.69 Å². The molecule has 0 amide bonds. The molecule has 4 N–H and O–H groups in total. The van der Waals surface area contributed by atoms with Crippen molar-refractivity contribution in [3.8, 4) is 0 Å². The third-order valence-corrected chi connectivity index (χ3v) is 1.79. The summed E-state index contributed by atoms with van der Waals surface area (Å²) in [5, 5.41) is 10.1. The molecule has 0 radical (unpaired) electrons. The molecule has 100 valence electrons. The highest BCUT2D eigenvalue weighted by Crippen LogP contribution is 2.11. The molecule has 0 fully saturated rings. The Morgan fingerprint density at radius 3 is 2.00 bits per heavy atom. The topological polar surface area (TPSA) is 95.2 Å². The molecule has 1 aromatic carbocycles. The first kappa shape index (κ1) is 16.3. The summed E-state index contributed by atoms with van der Waals surface area (Å²) in [6.45, 7) is 4.00. The molecule has 1 aliphatic rings. The highest BCUT2D eigenvalue weighted by Gasteiger charge is 2.00. The Balaban J connectivity index is 0.000000316. The second kappa shape index (κ2) is 9.31. The number of non-ortho nitro benzene ring substituents is 1. The van der Waals surface area contributed by atoms with Crippen molar-refractivity contribution in [2.45, 2.75) is 13.8 Å². The minimum atomic E-state index is -0.459. The second-order valence-electron chi connectivity index (χ2n) is 3.11. The first-order valence-electron chi connectivity index (χ1n) is 5.73. The van der Waals surface area contributed by atoms with E-state index in [1.807, 2.05) is 13.8 Å². The fourth-order valence-corrected chi connectivity index (χ4v) is 0.955. The maximum absolute atomic E-state index is 10.1. The van der Waals surface area contributed by atoms with Crippen molar-refractivity contribution in [1.29, 1.82) is 0 Å². The van der Waals surface area contributed by atoms with Gasteiger partial charge >= 0.3 is 0 Å². The number of rotatable bonds is 1. The van der Waals surface area contributed by atoms with Crippen LogP contribution in [0.4, 0.5) is 11.4 Å². The second-order valence-corrected chi connectivity index (χ2v) is 3.11. The minimum absolute atomic E-state index is 0.0641. The van der Waals surface area contributed by atoms with Crippen LogP contribution in [0.15, 0.2) is 59.7 Å². The van der Waals surface area contributed by atoms with Gasteiger partial charge in [-0.05, 0) is 24.3 Å². The molecule has 0 saturated carbocycles. The van der Waals surface area contributed by atoms with Crippen LogP contribution in [-0.2, 0) is 0 Å². The summed E-state index contributed by atoms with van der Waals surface area (Å²) in [6.07, 6.45) is 5.19. The van der Waals surface area contributed by atoms with Gasteiger partial charge in [-0.25, -0.2) is 0 Å². The Bertz CT molecular complexity index is 532. The van der Waals surface area contributed by atoms with Gasteiger partial charge in [-0.3, -0.25) is 10.1 Å². The summed E-state index contributed by atoms with van der Waals surface area (Å²) >= 11 is 0. The molecule has 1 aliphatic carbocycles. The van der Waals surface area contributed by atoms with Crippen molar-refractivity contribution in [2.24, 2.45) is 5.73 Å². The third kappa shape index (κ3) is 7.23. The molecule has 0 aliphatic heterocycles. The normalized spacial score (nSPS) is 10.5. The molecule has 19 heavy (non-hydrogen) atoms. The summed E-state index contributed by atoms with van der Waals surface area (Å²) < 4.78 is 0. The van der Waals surface area contributed by atoms with Crippen molar-refractivity contribution in [3.63, 3.8) is 0 Å². The number of hydrogen-bond donors (Lipinski definition) is 2. The highest BCUT2D eigenvalue weighted by atomic mass is 16.6. The van der Waals surface area contributed by atoms with Gasteiger partial charge in [-0.15, -0.1) is 0 Å². The molecule has 2 rings (SSSR count). The van der Waals surface area contributed by atoms with Crippen molar-refractivity contribution in [1.82, 2.24) is 0 Å². The van der Waals surface area contributed by atoms with Crippen LogP contribution in [0.2, 0.25) is 0 Å². The zero-order chi connectivity index (χ0) is 14.7. The van der Waals surface area contributed by atoms with Gasteiger partial charge in [-0.2, -0.15) is 0 Å². The number of nitrogens with zero attached hydrogens (tertiary/aromatic N) is 1. The first-order valence-corrected chi connectivity index (χ1v) is 5.73. The lowest BCUT2D eigenvalue weighted by molar-refractivity contribution is -0.384. The van der Waals surface area contributed by atoms with E-state index < -0.39 is 4.92 Å². The average molecular weight is 259 g/mol. The third-order valence-electron chi connectivity index (χ3n) is 1.79. The predicted molar refractivity (Wildman–Crippen MR) is 77.3 cm³/mol. The standard InChI is InChI=1S/C6H6N2O2.C6H5N.C2H6/c7-5-1-3-6(4-2-5)8(9)10;7-6-4-2-1-3-5-6;1-2/h1-4H,7H2;2,4-5H,7H2;1-2H3. The van der Waals surface area contributed by atoms with E-state index in [9.17, 15) is 10.1 Å². The van der Waals surface area contributed by atoms with Gasteiger partial charge in [0.15, 0.2) is 0 Å². The number of nitrogens with two attached hydrogens (primary N) is 2. The summed E-state index contributed by atoms with van der Waals surface area (Å²) in [7, 11) is 0. The van der Waals surface area contributed by atoms with Crippen molar-refractivity contribution < 1.29 is 4.92 Å². The predicted octanol–water partition coefficient (Wildman–Crippen LogP) is 2.91. The van der Waals surface area contributed by atoms with E-state index in [4.69, 9.17) is 11.5 Å². The van der Waals surface area contributed by atoms with Gasteiger partial charge in [0.1, 0.15) is 0 Å². The quantitative estimate of drug-likeness (QED) is 0.351. The van der Waals surface area contributed by atoms with Crippen LogP contribution in [0, 0.1) is 10.1 Å². The van der Waals surface area contributed by atoms with Crippen molar-refractivity contribution in [3.05, 3.63) is 69.8 Å². The molecule has 0 heterocycles. The van der Waals surface area contributed by atoms with E-state index in [2.05, 4.69) is 11.5 Å². The van der Waals surface area contributed by atoms with Crippen LogP contribution in [0.5, 0.6) is 0 Å². The fourth-order valence-electron chi connectivity index (χ4n) is 0.955. The van der Waals surface area contributed by atoms with Gasteiger partial charge in [0.2, 0.25) is 0 Å². The molecule has 5 nitrogen and oxygen atoms in total. The van der Waals surface area contributed by atoms with Gasteiger partial charge < -0.3 is 11.5 Å². The lowest BCUT2D eigenvalue weighted by Gasteiger charge is -1.90. The zero-order valence-corrected chi connectivity index (χ0v) is 11.0. The maximum atomic E-state index is 10.1. The molecular weight excluding hydrogens is 242 g/mol. The Morgan fingerprint density at radius 1 is 1.11 bits per heavy atom. The van der Waals surface area contributed by atoms with Crippen LogP contribution >= 0.6 is 0 Å². The smallest absolute Gasteiger partial charge is 0.269 e. The molecule has 0 saturated heterocycles. The van der Waals surface area contributed by atoms with E-state index in [1.54, 1.807) is 18.2 Å². The monoisotopic (exact) mass is 259 g/mol. The van der Waals surface area contributed by atoms with E-state index in [0.717, 1.165) is 5.70 Å². The number of anilines is 1. The molecule has 0 aromatic heterocycles. The number of allylic oxidation sites excluding steroid dienone is 3. The Hall–Kier alpha value is -2.74. The Morgan fingerprint density at radius 2 is 1.68 bits per heavy atom. The average Bonchev–Trinajstić information content (AvgIpc) is 2.43. The van der Waals surface area contributed by atoms with Gasteiger partial charge in [-0.1, -0.05) is 25.3 Å². The van der Waals surface area contributed by atoms with Gasteiger partial charge in [0, 0.05) is 29.6 Å². The lowest BCUT2D eigenvalue weighted by atomic mass is 10.3. The summed E-state index contributed by atoms with van der Waals surface area (Å²) in [4.78, 5) is 9.62. The van der Waals surface area contributed by atoms with Gasteiger partial charge in [0.05, 0.1) is 4.92 Å². The number of hydrogen-bond acceptors (Lipinski definition) is 4. The van der Waals surface area contributed by atoms with E-state index in [0.29, 0.717) is 5.69 Å². The summed E-state index contributed by atoms with van der Waals surface area (Å²) in [5.41, 5.74) is 17.4. The summed E-state index contributed by atoms with van der Waals surface area (Å²) in [6, 6.07) is 5.74. The molecule has 1 aromatic rings. The van der Waals surface area contributed by atoms with Crippen LogP contribution in [0.25, 0.3) is 0 Å². The number of nitro groups is 1. The highest BCUT2D eigenvalue weighted by molar-refractivity contribution is 5.44. The number of benzene rings is 1. The Kier molecular flexibility index (Phi) is 7.96. The first-order chi connectivity index (χ1) is 9.09. The number of nitrogen functional groups attached to an aromatic ring is 1. The zero-order valence-electron chi connectivity index (χ0n) is 11.0. The van der Waals surface area contributed by atoms with E-state index >= 15 is 0 Å². The molecule has 5 heteroatoms. The molecule has 0 bridgehead atoms. The molecule has 0 unspecified atom stereocenters. The lowest BCUT2D eigenvalue weighted by Crippen LogP contribution is -1.90. The van der Waals surface area contributed by atoms with E-state index in [1.165, 1.54) is 24.3 Å². The Labute approximate surface area is 112 Å². The molecule has 0 spiro atoms. The van der Waals surface area contributed by atoms with Crippen LogP contribution in [0.1, 0.15) is 13.8 Å². The molecular formula is C14H17N3O2. The minimum Gasteiger partial charge on any atom is -0.399 e. The van der Waals surface area contributed by atoms with Crippen LogP contribution in [0.3, 0.4) is 0 Å².